The second-order valence-electron chi connectivity index (χ2n) is 5.80. The molecule has 2 N–H and O–H groups in total. The molecule has 0 unspecified atom stereocenters. The van der Waals surface area contributed by atoms with Crippen molar-refractivity contribution in [2.24, 2.45) is 0 Å². The quantitative estimate of drug-likeness (QED) is 0.768. The van der Waals surface area contributed by atoms with E-state index in [4.69, 9.17) is 4.74 Å². The number of aryl methyl sites for hydroxylation is 1. The van der Waals surface area contributed by atoms with E-state index in [1.807, 2.05) is 12.1 Å². The van der Waals surface area contributed by atoms with Gasteiger partial charge in [0.05, 0.1) is 18.7 Å². The number of hydrogen-bond acceptors (Lipinski definition) is 6. The SMILES string of the molecule is Cc1ccc2ncnc(NCc3nc([C@@H]4CCOC4)n[nH]3)c2c1. The van der Waals surface area contributed by atoms with Crippen LogP contribution < -0.4 is 5.32 Å². The topological polar surface area (TPSA) is 88.6 Å². The van der Waals surface area contributed by atoms with Crippen molar-refractivity contribution in [3.8, 4) is 0 Å². The molecule has 118 valence electrons. The van der Waals surface area contributed by atoms with Crippen molar-refractivity contribution < 1.29 is 4.74 Å². The van der Waals surface area contributed by atoms with E-state index in [2.05, 4.69) is 43.5 Å². The summed E-state index contributed by atoms with van der Waals surface area (Å²) in [5.41, 5.74) is 2.10. The summed E-state index contributed by atoms with van der Waals surface area (Å²) in [5.74, 6) is 2.75. The van der Waals surface area contributed by atoms with Crippen LogP contribution in [0.3, 0.4) is 0 Å². The first-order valence-corrected chi connectivity index (χ1v) is 7.74. The molecule has 1 aromatic carbocycles. The van der Waals surface area contributed by atoms with Gasteiger partial charge in [-0.3, -0.25) is 5.10 Å². The van der Waals surface area contributed by atoms with Gasteiger partial charge in [0.2, 0.25) is 0 Å². The third-order valence-electron chi connectivity index (χ3n) is 4.06. The van der Waals surface area contributed by atoms with Crippen LogP contribution in [0.5, 0.6) is 0 Å². The standard InChI is InChI=1S/C16H18N6O/c1-10-2-3-13-12(6-10)16(19-9-18-13)17-7-14-20-15(22-21-14)11-4-5-23-8-11/h2-3,6,9,11H,4-5,7-8H2,1H3,(H,17,18,19)(H,20,21,22)/t11-/m1/s1. The molecule has 3 aromatic rings. The highest BCUT2D eigenvalue weighted by Gasteiger charge is 2.21. The van der Waals surface area contributed by atoms with E-state index in [9.17, 15) is 0 Å². The maximum absolute atomic E-state index is 5.38. The van der Waals surface area contributed by atoms with Crippen molar-refractivity contribution in [2.45, 2.75) is 25.8 Å². The number of rotatable bonds is 4. The van der Waals surface area contributed by atoms with E-state index in [0.29, 0.717) is 19.1 Å². The highest BCUT2D eigenvalue weighted by molar-refractivity contribution is 5.89. The summed E-state index contributed by atoms with van der Waals surface area (Å²) >= 11 is 0. The zero-order valence-corrected chi connectivity index (χ0v) is 12.9. The fourth-order valence-electron chi connectivity index (χ4n) is 2.79. The Morgan fingerprint density at radius 3 is 3.17 bits per heavy atom. The lowest BCUT2D eigenvalue weighted by Crippen LogP contribution is -2.05. The number of anilines is 1. The van der Waals surface area contributed by atoms with Gasteiger partial charge in [-0.25, -0.2) is 15.0 Å². The van der Waals surface area contributed by atoms with Crippen LogP contribution >= 0.6 is 0 Å². The maximum atomic E-state index is 5.38. The summed E-state index contributed by atoms with van der Waals surface area (Å²) in [4.78, 5) is 13.2. The number of fused-ring (bicyclic) bond motifs is 1. The molecule has 3 heterocycles. The van der Waals surface area contributed by atoms with E-state index >= 15 is 0 Å². The average Bonchev–Trinajstić information content (AvgIpc) is 3.24. The van der Waals surface area contributed by atoms with Crippen LogP contribution in [-0.4, -0.2) is 38.4 Å². The van der Waals surface area contributed by atoms with Crippen LogP contribution in [0.1, 0.15) is 29.6 Å². The minimum atomic E-state index is 0.308. The second kappa shape index (κ2) is 5.92. The Morgan fingerprint density at radius 2 is 2.30 bits per heavy atom. The lowest BCUT2D eigenvalue weighted by molar-refractivity contribution is 0.193. The first kappa shape index (κ1) is 14.1. The maximum Gasteiger partial charge on any atom is 0.156 e. The second-order valence-corrected chi connectivity index (χ2v) is 5.80. The number of hydrogen-bond donors (Lipinski definition) is 2. The molecular weight excluding hydrogens is 292 g/mol. The average molecular weight is 310 g/mol. The number of aromatic amines is 1. The lowest BCUT2D eigenvalue weighted by Gasteiger charge is -2.07. The smallest absolute Gasteiger partial charge is 0.156 e. The Bertz CT molecular complexity index is 824. The Morgan fingerprint density at radius 1 is 1.35 bits per heavy atom. The summed E-state index contributed by atoms with van der Waals surface area (Å²) in [6, 6.07) is 6.13. The molecule has 1 saturated heterocycles. The summed E-state index contributed by atoms with van der Waals surface area (Å²) in [7, 11) is 0. The first-order valence-electron chi connectivity index (χ1n) is 7.74. The molecule has 0 saturated carbocycles. The Hall–Kier alpha value is -2.54. The van der Waals surface area contributed by atoms with Gasteiger partial charge in [-0.2, -0.15) is 5.10 Å². The molecule has 4 rings (SSSR count). The van der Waals surface area contributed by atoms with E-state index < -0.39 is 0 Å². The monoisotopic (exact) mass is 310 g/mol. The van der Waals surface area contributed by atoms with E-state index in [1.54, 1.807) is 6.33 Å². The lowest BCUT2D eigenvalue weighted by atomic mass is 10.1. The van der Waals surface area contributed by atoms with Gasteiger partial charge in [0.25, 0.3) is 0 Å². The minimum absolute atomic E-state index is 0.308. The number of nitrogens with one attached hydrogen (secondary N) is 2. The molecule has 1 aliphatic heterocycles. The zero-order valence-electron chi connectivity index (χ0n) is 12.9. The third kappa shape index (κ3) is 2.87. The summed E-state index contributed by atoms with van der Waals surface area (Å²) in [6.07, 6.45) is 2.56. The summed E-state index contributed by atoms with van der Waals surface area (Å²) in [6.45, 7) is 4.10. The number of H-pyrrole nitrogens is 1. The minimum Gasteiger partial charge on any atom is -0.381 e. The normalized spacial score (nSPS) is 17.7. The molecule has 0 radical (unpaired) electrons. The molecule has 1 fully saturated rings. The fourth-order valence-corrected chi connectivity index (χ4v) is 2.79. The van der Waals surface area contributed by atoms with Crippen LogP contribution in [0, 0.1) is 6.92 Å². The summed E-state index contributed by atoms with van der Waals surface area (Å²) in [5, 5.41) is 11.6. The molecule has 2 aromatic heterocycles. The van der Waals surface area contributed by atoms with Crippen molar-refractivity contribution in [3.63, 3.8) is 0 Å². The van der Waals surface area contributed by atoms with Crippen LogP contribution in [-0.2, 0) is 11.3 Å². The van der Waals surface area contributed by atoms with Gasteiger partial charge >= 0.3 is 0 Å². The molecule has 7 heteroatoms. The first-order chi connectivity index (χ1) is 11.3. The highest BCUT2D eigenvalue weighted by atomic mass is 16.5. The van der Waals surface area contributed by atoms with Gasteiger partial charge in [-0.15, -0.1) is 0 Å². The molecule has 0 amide bonds. The van der Waals surface area contributed by atoms with Crippen LogP contribution in [0.15, 0.2) is 24.5 Å². The van der Waals surface area contributed by atoms with Gasteiger partial charge in [0, 0.05) is 17.9 Å². The molecule has 0 spiro atoms. The van der Waals surface area contributed by atoms with Gasteiger partial charge in [-0.1, -0.05) is 11.6 Å². The molecule has 0 bridgehead atoms. The van der Waals surface area contributed by atoms with Gasteiger partial charge in [0.15, 0.2) is 5.82 Å². The van der Waals surface area contributed by atoms with Crippen molar-refractivity contribution in [2.75, 3.05) is 18.5 Å². The Balaban J connectivity index is 1.52. The largest absolute Gasteiger partial charge is 0.381 e. The highest BCUT2D eigenvalue weighted by Crippen LogP contribution is 2.23. The Labute approximate surface area is 133 Å². The number of nitrogens with zero attached hydrogens (tertiary/aromatic N) is 4. The predicted molar refractivity (Wildman–Crippen MR) is 86.2 cm³/mol. The number of aromatic nitrogens is 5. The van der Waals surface area contributed by atoms with Gasteiger partial charge < -0.3 is 10.1 Å². The molecule has 7 nitrogen and oxygen atoms in total. The van der Waals surface area contributed by atoms with Gasteiger partial charge in [-0.05, 0) is 25.5 Å². The zero-order chi connectivity index (χ0) is 15.6. The predicted octanol–water partition coefficient (Wildman–Crippen LogP) is 2.17. The van der Waals surface area contributed by atoms with Crippen LogP contribution in [0.4, 0.5) is 5.82 Å². The van der Waals surface area contributed by atoms with E-state index in [1.165, 1.54) is 5.56 Å². The van der Waals surface area contributed by atoms with Crippen molar-refractivity contribution >= 4 is 16.7 Å². The van der Waals surface area contributed by atoms with E-state index in [-0.39, 0.29) is 0 Å². The fraction of sp³-hybridized carbons (Fsp3) is 0.375. The van der Waals surface area contributed by atoms with Crippen molar-refractivity contribution in [1.29, 1.82) is 0 Å². The number of ether oxygens (including phenoxy) is 1. The van der Waals surface area contributed by atoms with Crippen LogP contribution in [0.25, 0.3) is 10.9 Å². The molecular formula is C16H18N6O. The van der Waals surface area contributed by atoms with Crippen LogP contribution in [0.2, 0.25) is 0 Å². The van der Waals surface area contributed by atoms with Crippen molar-refractivity contribution in [3.05, 3.63) is 41.7 Å². The van der Waals surface area contributed by atoms with E-state index in [0.717, 1.165) is 41.4 Å². The molecule has 0 aliphatic carbocycles. The summed E-state index contributed by atoms with van der Waals surface area (Å²) < 4.78 is 5.38. The third-order valence-corrected chi connectivity index (χ3v) is 4.06. The van der Waals surface area contributed by atoms with Crippen molar-refractivity contribution in [1.82, 2.24) is 25.1 Å². The molecule has 1 atom stereocenters. The molecule has 23 heavy (non-hydrogen) atoms. The Kier molecular flexibility index (Phi) is 3.63. The molecule has 1 aliphatic rings. The van der Waals surface area contributed by atoms with Gasteiger partial charge in [0.1, 0.15) is 18.0 Å². The number of benzene rings is 1.